The van der Waals surface area contributed by atoms with Gasteiger partial charge in [0.05, 0.1) is 23.5 Å². The molecule has 0 spiro atoms. The maximum Gasteiger partial charge on any atom is 0.159 e. The highest BCUT2D eigenvalue weighted by molar-refractivity contribution is 5.61. The van der Waals surface area contributed by atoms with Crippen molar-refractivity contribution >= 4 is 11.4 Å². The summed E-state index contributed by atoms with van der Waals surface area (Å²) in [6.45, 7) is 4.76. The number of rotatable bonds is 6. The van der Waals surface area contributed by atoms with Gasteiger partial charge in [0.25, 0.3) is 0 Å². The minimum Gasteiger partial charge on any atom is -0.353 e. The molecule has 2 aromatic rings. The van der Waals surface area contributed by atoms with Crippen molar-refractivity contribution in [3.63, 3.8) is 0 Å². The summed E-state index contributed by atoms with van der Waals surface area (Å²) in [7, 11) is 0. The number of hydrogen-bond donors (Lipinski definition) is 1. The van der Waals surface area contributed by atoms with E-state index in [9.17, 15) is 0 Å². The Balaban J connectivity index is 1.80. The van der Waals surface area contributed by atoms with Crippen molar-refractivity contribution in [3.05, 3.63) is 60.7 Å². The Morgan fingerprint density at radius 3 is 2.13 bits per heavy atom. The third-order valence-electron chi connectivity index (χ3n) is 4.06. The first-order valence-corrected chi connectivity index (χ1v) is 8.21. The number of benzene rings is 2. The quantitative estimate of drug-likeness (QED) is 0.821. The predicted molar refractivity (Wildman–Crippen MR) is 92.5 cm³/mol. The Morgan fingerprint density at radius 2 is 1.61 bits per heavy atom. The van der Waals surface area contributed by atoms with E-state index in [0.29, 0.717) is 6.61 Å². The monoisotopic (exact) mass is 312 g/mol. The molecule has 0 aromatic heterocycles. The number of anilines is 2. The standard InChI is InChI=1S/C19H24N2O2/c1-3-22-19-14-18(15(2)23-19)20-21(16-10-6-4-7-11-16)17-12-8-5-9-13-17/h4-13,15,18-20H,3,14H2,1-2H3/t15-,18-,19-/m0/s1. The average molecular weight is 312 g/mol. The molecule has 23 heavy (non-hydrogen) atoms. The zero-order chi connectivity index (χ0) is 16.1. The Bertz CT molecular complexity index is 551. The van der Waals surface area contributed by atoms with Crippen LogP contribution in [-0.4, -0.2) is 25.0 Å². The van der Waals surface area contributed by atoms with Crippen molar-refractivity contribution in [1.82, 2.24) is 5.43 Å². The zero-order valence-corrected chi connectivity index (χ0v) is 13.7. The number of nitrogens with one attached hydrogen (secondary N) is 1. The molecule has 0 bridgehead atoms. The maximum absolute atomic E-state index is 5.88. The summed E-state index contributed by atoms with van der Waals surface area (Å²) in [6, 6.07) is 20.8. The first-order valence-electron chi connectivity index (χ1n) is 8.21. The zero-order valence-electron chi connectivity index (χ0n) is 13.7. The van der Waals surface area contributed by atoms with E-state index < -0.39 is 0 Å². The van der Waals surface area contributed by atoms with E-state index >= 15 is 0 Å². The second kappa shape index (κ2) is 7.59. The molecule has 0 saturated carbocycles. The third-order valence-corrected chi connectivity index (χ3v) is 4.06. The molecule has 4 heteroatoms. The first kappa shape index (κ1) is 16.0. The number of para-hydroxylation sites is 2. The van der Waals surface area contributed by atoms with Crippen LogP contribution in [0.4, 0.5) is 11.4 Å². The number of nitrogens with zero attached hydrogens (tertiary/aromatic N) is 1. The maximum atomic E-state index is 5.88. The molecule has 1 heterocycles. The molecule has 122 valence electrons. The summed E-state index contributed by atoms with van der Waals surface area (Å²) >= 11 is 0. The van der Waals surface area contributed by atoms with Crippen LogP contribution in [0, 0.1) is 0 Å². The number of hydrogen-bond acceptors (Lipinski definition) is 4. The molecule has 1 saturated heterocycles. The van der Waals surface area contributed by atoms with Gasteiger partial charge in [0.2, 0.25) is 0 Å². The second-order valence-corrected chi connectivity index (χ2v) is 5.70. The van der Waals surface area contributed by atoms with Crippen LogP contribution in [0.3, 0.4) is 0 Å². The topological polar surface area (TPSA) is 33.7 Å². The summed E-state index contributed by atoms with van der Waals surface area (Å²) in [4.78, 5) is 0. The molecule has 0 amide bonds. The molecule has 1 aliphatic rings. The predicted octanol–water partition coefficient (Wildman–Crippen LogP) is 3.87. The molecule has 3 atom stereocenters. The van der Waals surface area contributed by atoms with Gasteiger partial charge in [0.15, 0.2) is 6.29 Å². The van der Waals surface area contributed by atoms with Gasteiger partial charge in [-0.2, -0.15) is 0 Å². The van der Waals surface area contributed by atoms with Crippen LogP contribution in [0.2, 0.25) is 0 Å². The lowest BCUT2D eigenvalue weighted by Crippen LogP contribution is -2.45. The molecule has 2 aromatic carbocycles. The Kier molecular flexibility index (Phi) is 5.28. The summed E-state index contributed by atoms with van der Waals surface area (Å²) in [5, 5.41) is 2.12. The minimum atomic E-state index is -0.124. The lowest BCUT2D eigenvalue weighted by molar-refractivity contribution is -0.126. The summed E-state index contributed by atoms with van der Waals surface area (Å²) < 4.78 is 11.5. The van der Waals surface area contributed by atoms with E-state index in [1.165, 1.54) is 0 Å². The Hall–Kier alpha value is -1.88. The number of ether oxygens (including phenoxy) is 2. The van der Waals surface area contributed by atoms with Crippen LogP contribution in [-0.2, 0) is 9.47 Å². The van der Waals surface area contributed by atoms with Gasteiger partial charge in [-0.15, -0.1) is 0 Å². The van der Waals surface area contributed by atoms with Gasteiger partial charge in [-0.1, -0.05) is 36.4 Å². The molecule has 1 N–H and O–H groups in total. The molecular formula is C19H24N2O2. The lowest BCUT2D eigenvalue weighted by atomic mass is 10.1. The van der Waals surface area contributed by atoms with Crippen LogP contribution < -0.4 is 10.4 Å². The van der Waals surface area contributed by atoms with Crippen LogP contribution in [0.5, 0.6) is 0 Å². The van der Waals surface area contributed by atoms with Crippen molar-refractivity contribution in [1.29, 1.82) is 0 Å². The highest BCUT2D eigenvalue weighted by Gasteiger charge is 2.34. The summed E-state index contributed by atoms with van der Waals surface area (Å²) in [6.07, 6.45) is 0.813. The fourth-order valence-corrected chi connectivity index (χ4v) is 2.86. The average Bonchev–Trinajstić information content (AvgIpc) is 2.94. The third kappa shape index (κ3) is 3.91. The van der Waals surface area contributed by atoms with Crippen LogP contribution in [0.1, 0.15) is 20.3 Å². The van der Waals surface area contributed by atoms with Crippen LogP contribution >= 0.6 is 0 Å². The molecule has 0 aliphatic carbocycles. The van der Waals surface area contributed by atoms with Crippen LogP contribution in [0.25, 0.3) is 0 Å². The van der Waals surface area contributed by atoms with E-state index in [1.807, 2.05) is 43.3 Å². The van der Waals surface area contributed by atoms with Crippen molar-refractivity contribution in [2.24, 2.45) is 0 Å². The smallest absolute Gasteiger partial charge is 0.159 e. The minimum absolute atomic E-state index is 0.0986. The molecule has 1 aliphatic heterocycles. The van der Waals surface area contributed by atoms with Gasteiger partial charge in [-0.25, -0.2) is 5.43 Å². The van der Waals surface area contributed by atoms with E-state index in [1.54, 1.807) is 0 Å². The fourth-order valence-electron chi connectivity index (χ4n) is 2.86. The van der Waals surface area contributed by atoms with Gasteiger partial charge < -0.3 is 9.47 Å². The van der Waals surface area contributed by atoms with E-state index in [4.69, 9.17) is 9.47 Å². The first-order chi connectivity index (χ1) is 11.3. The summed E-state index contributed by atoms with van der Waals surface area (Å²) in [5.74, 6) is 0. The largest absolute Gasteiger partial charge is 0.353 e. The summed E-state index contributed by atoms with van der Waals surface area (Å²) in [5.41, 5.74) is 5.82. The molecule has 0 radical (unpaired) electrons. The SMILES string of the molecule is CCO[C@@H]1C[C@H](NN(c2ccccc2)c2ccccc2)[C@H](C)O1. The van der Waals surface area contributed by atoms with Crippen molar-refractivity contribution < 1.29 is 9.47 Å². The lowest BCUT2D eigenvalue weighted by Gasteiger charge is -2.30. The molecular weight excluding hydrogens is 288 g/mol. The van der Waals surface area contributed by atoms with Crippen molar-refractivity contribution in [2.45, 2.75) is 38.7 Å². The van der Waals surface area contributed by atoms with Gasteiger partial charge >= 0.3 is 0 Å². The van der Waals surface area contributed by atoms with Gasteiger partial charge in [0, 0.05) is 13.0 Å². The van der Waals surface area contributed by atoms with E-state index in [2.05, 4.69) is 41.6 Å². The normalized spacial score (nSPS) is 23.8. The highest BCUT2D eigenvalue weighted by Crippen LogP contribution is 2.27. The van der Waals surface area contributed by atoms with Gasteiger partial charge in [0.1, 0.15) is 0 Å². The van der Waals surface area contributed by atoms with Crippen LogP contribution in [0.15, 0.2) is 60.7 Å². The van der Waals surface area contributed by atoms with Gasteiger partial charge in [-0.3, -0.25) is 5.01 Å². The molecule has 0 unspecified atom stereocenters. The molecule has 4 nitrogen and oxygen atoms in total. The van der Waals surface area contributed by atoms with Crippen molar-refractivity contribution in [2.75, 3.05) is 11.6 Å². The number of hydrazine groups is 1. The molecule has 3 rings (SSSR count). The molecule has 1 fully saturated rings. The van der Waals surface area contributed by atoms with Gasteiger partial charge in [-0.05, 0) is 38.1 Å². The second-order valence-electron chi connectivity index (χ2n) is 5.70. The van der Waals surface area contributed by atoms with E-state index in [-0.39, 0.29) is 18.4 Å². The van der Waals surface area contributed by atoms with Crippen molar-refractivity contribution in [3.8, 4) is 0 Å². The Morgan fingerprint density at radius 1 is 1.04 bits per heavy atom. The highest BCUT2D eigenvalue weighted by atomic mass is 16.7. The van der Waals surface area contributed by atoms with E-state index in [0.717, 1.165) is 17.8 Å². The fraction of sp³-hybridized carbons (Fsp3) is 0.368. The Labute approximate surface area is 138 Å².